The van der Waals surface area contributed by atoms with E-state index in [9.17, 15) is 4.79 Å². The predicted molar refractivity (Wildman–Crippen MR) is 109 cm³/mol. The number of ether oxygens (including phenoxy) is 3. The highest BCUT2D eigenvalue weighted by molar-refractivity contribution is 7.17. The van der Waals surface area contributed by atoms with Gasteiger partial charge in [0.05, 0.1) is 13.2 Å². The fourth-order valence-electron chi connectivity index (χ4n) is 2.69. The summed E-state index contributed by atoms with van der Waals surface area (Å²) in [7, 11) is 0. The number of esters is 1. The van der Waals surface area contributed by atoms with Gasteiger partial charge in [0.15, 0.2) is 0 Å². The van der Waals surface area contributed by atoms with Crippen molar-refractivity contribution in [3.05, 3.63) is 70.8 Å². The number of hydrogen-bond donors (Lipinski definition) is 0. The van der Waals surface area contributed by atoms with Gasteiger partial charge in [-0.25, -0.2) is 4.79 Å². The van der Waals surface area contributed by atoms with Crippen molar-refractivity contribution < 1.29 is 19.0 Å². The molecule has 0 amide bonds. The van der Waals surface area contributed by atoms with Crippen LogP contribution in [0.5, 0.6) is 5.75 Å². The van der Waals surface area contributed by atoms with Gasteiger partial charge in [0.1, 0.15) is 12.4 Å². The molecule has 0 unspecified atom stereocenters. The average Bonchev–Trinajstić information content (AvgIpc) is 3.18. The van der Waals surface area contributed by atoms with Gasteiger partial charge in [0.25, 0.3) is 0 Å². The lowest BCUT2D eigenvalue weighted by Gasteiger charge is -2.10. The molecule has 0 saturated heterocycles. The molecule has 5 heteroatoms. The Bertz CT molecular complexity index is 928. The molecule has 1 heterocycles. The second kappa shape index (κ2) is 9.24. The first-order valence-electron chi connectivity index (χ1n) is 8.91. The monoisotopic (exact) mass is 382 g/mol. The van der Waals surface area contributed by atoms with E-state index in [-0.39, 0.29) is 5.76 Å². The summed E-state index contributed by atoms with van der Waals surface area (Å²) >= 11 is 1.60. The topological polar surface area (TPSA) is 44.8 Å². The SMILES string of the molecule is CCOC(=O)C(=Cc1ccc(OCc2ccccc2)c2ccsc12)OCC. The molecular weight excluding hydrogens is 360 g/mol. The third-order valence-electron chi connectivity index (χ3n) is 3.91. The molecular formula is C22H22O4S. The van der Waals surface area contributed by atoms with Gasteiger partial charge in [0, 0.05) is 10.1 Å². The van der Waals surface area contributed by atoms with Crippen LogP contribution in [-0.2, 0) is 20.9 Å². The van der Waals surface area contributed by atoms with E-state index < -0.39 is 5.97 Å². The van der Waals surface area contributed by atoms with Gasteiger partial charge < -0.3 is 14.2 Å². The van der Waals surface area contributed by atoms with E-state index in [2.05, 4.69) is 0 Å². The van der Waals surface area contributed by atoms with E-state index in [1.54, 1.807) is 24.3 Å². The Morgan fingerprint density at radius 3 is 2.52 bits per heavy atom. The van der Waals surface area contributed by atoms with E-state index in [4.69, 9.17) is 14.2 Å². The molecule has 0 bridgehead atoms. The number of benzene rings is 2. The first kappa shape index (κ1) is 19.0. The zero-order chi connectivity index (χ0) is 19.1. The first-order valence-corrected chi connectivity index (χ1v) is 9.79. The molecule has 3 aromatic rings. The van der Waals surface area contributed by atoms with E-state index in [0.717, 1.165) is 27.0 Å². The fraction of sp³-hybridized carbons (Fsp3) is 0.227. The summed E-state index contributed by atoms with van der Waals surface area (Å²) in [6.07, 6.45) is 1.74. The number of hydrogen-bond acceptors (Lipinski definition) is 5. The largest absolute Gasteiger partial charge is 0.488 e. The van der Waals surface area contributed by atoms with Gasteiger partial charge in [-0.2, -0.15) is 0 Å². The zero-order valence-electron chi connectivity index (χ0n) is 15.4. The Kier molecular flexibility index (Phi) is 6.49. The van der Waals surface area contributed by atoms with E-state index in [1.807, 2.05) is 60.8 Å². The molecule has 0 radical (unpaired) electrons. The summed E-state index contributed by atoms with van der Waals surface area (Å²) in [5, 5.41) is 3.03. The van der Waals surface area contributed by atoms with E-state index in [0.29, 0.717) is 19.8 Å². The van der Waals surface area contributed by atoms with Crippen LogP contribution in [-0.4, -0.2) is 19.2 Å². The van der Waals surface area contributed by atoms with Gasteiger partial charge in [-0.15, -0.1) is 11.3 Å². The van der Waals surface area contributed by atoms with Crippen LogP contribution in [0.4, 0.5) is 0 Å². The first-order chi connectivity index (χ1) is 13.2. The summed E-state index contributed by atoms with van der Waals surface area (Å²) in [5.74, 6) is 0.585. The summed E-state index contributed by atoms with van der Waals surface area (Å²) in [6.45, 7) is 4.83. The Morgan fingerprint density at radius 2 is 1.78 bits per heavy atom. The van der Waals surface area contributed by atoms with Crippen LogP contribution in [0.1, 0.15) is 25.0 Å². The van der Waals surface area contributed by atoms with Gasteiger partial charge in [-0.1, -0.05) is 30.3 Å². The Balaban J connectivity index is 1.89. The summed E-state index contributed by atoms with van der Waals surface area (Å²) < 4.78 is 17.6. The number of rotatable bonds is 8. The third-order valence-corrected chi connectivity index (χ3v) is 4.87. The van der Waals surface area contributed by atoms with Crippen LogP contribution < -0.4 is 4.74 Å². The molecule has 4 nitrogen and oxygen atoms in total. The fourth-order valence-corrected chi connectivity index (χ4v) is 3.59. The lowest BCUT2D eigenvalue weighted by atomic mass is 10.1. The molecule has 0 saturated carbocycles. The Hall–Kier alpha value is -2.79. The summed E-state index contributed by atoms with van der Waals surface area (Å²) in [5.41, 5.74) is 2.02. The van der Waals surface area contributed by atoms with Crippen molar-refractivity contribution in [2.75, 3.05) is 13.2 Å². The predicted octanol–water partition coefficient (Wildman–Crippen LogP) is 5.42. The molecule has 0 N–H and O–H groups in total. The minimum atomic E-state index is -0.450. The van der Waals surface area contributed by atoms with Crippen LogP contribution >= 0.6 is 11.3 Å². The maximum absolute atomic E-state index is 12.1. The molecule has 1 aromatic heterocycles. The lowest BCUT2D eigenvalue weighted by Crippen LogP contribution is -2.10. The normalized spacial score (nSPS) is 11.4. The molecule has 2 aromatic carbocycles. The molecule has 0 spiro atoms. The van der Waals surface area contributed by atoms with E-state index >= 15 is 0 Å². The van der Waals surface area contributed by atoms with Crippen molar-refractivity contribution >= 4 is 33.5 Å². The third kappa shape index (κ3) is 4.68. The molecule has 0 aliphatic rings. The summed E-state index contributed by atoms with van der Waals surface area (Å²) in [6, 6.07) is 16.0. The van der Waals surface area contributed by atoms with Gasteiger partial charge in [-0.3, -0.25) is 0 Å². The standard InChI is InChI=1S/C22H22O4S/c1-3-24-20(22(23)25-4-2)14-17-10-11-19(18-12-13-27-21(17)18)26-15-16-8-6-5-7-9-16/h5-14H,3-4,15H2,1-2H3. The van der Waals surface area contributed by atoms with Crippen molar-refractivity contribution in [1.82, 2.24) is 0 Å². The Morgan fingerprint density at radius 1 is 1.00 bits per heavy atom. The molecule has 0 aliphatic heterocycles. The molecule has 27 heavy (non-hydrogen) atoms. The minimum absolute atomic E-state index is 0.215. The molecule has 0 atom stereocenters. The van der Waals surface area contributed by atoms with Crippen LogP contribution in [0.3, 0.4) is 0 Å². The van der Waals surface area contributed by atoms with Crippen LogP contribution in [0.2, 0.25) is 0 Å². The quantitative estimate of drug-likeness (QED) is 0.296. The van der Waals surface area contributed by atoms with E-state index in [1.165, 1.54) is 0 Å². The second-order valence-corrected chi connectivity index (χ2v) is 6.67. The number of fused-ring (bicyclic) bond motifs is 1. The second-order valence-electron chi connectivity index (χ2n) is 5.75. The average molecular weight is 382 g/mol. The van der Waals surface area contributed by atoms with Gasteiger partial charge in [0.2, 0.25) is 5.76 Å². The number of thiophene rings is 1. The number of carbonyl (C=O) groups is 1. The maximum atomic E-state index is 12.1. The maximum Gasteiger partial charge on any atom is 0.373 e. The van der Waals surface area contributed by atoms with Crippen LogP contribution in [0, 0.1) is 0 Å². The van der Waals surface area contributed by atoms with Crippen molar-refractivity contribution in [2.24, 2.45) is 0 Å². The highest BCUT2D eigenvalue weighted by Gasteiger charge is 2.14. The molecule has 140 valence electrons. The van der Waals surface area contributed by atoms with Gasteiger partial charge in [-0.05, 0) is 54.6 Å². The highest BCUT2D eigenvalue weighted by atomic mass is 32.1. The lowest BCUT2D eigenvalue weighted by molar-refractivity contribution is -0.142. The van der Waals surface area contributed by atoms with Gasteiger partial charge >= 0.3 is 5.97 Å². The Labute approximate surface area is 163 Å². The highest BCUT2D eigenvalue weighted by Crippen LogP contribution is 2.34. The van der Waals surface area contributed by atoms with Crippen molar-refractivity contribution in [3.63, 3.8) is 0 Å². The molecule has 0 aliphatic carbocycles. The minimum Gasteiger partial charge on any atom is -0.488 e. The number of carbonyl (C=O) groups excluding carboxylic acids is 1. The van der Waals surface area contributed by atoms with Crippen molar-refractivity contribution in [3.8, 4) is 5.75 Å². The van der Waals surface area contributed by atoms with Crippen LogP contribution in [0.15, 0.2) is 59.7 Å². The zero-order valence-corrected chi connectivity index (χ0v) is 16.3. The van der Waals surface area contributed by atoms with Crippen LogP contribution in [0.25, 0.3) is 16.2 Å². The molecule has 3 rings (SSSR count). The van der Waals surface area contributed by atoms with Crippen molar-refractivity contribution in [2.45, 2.75) is 20.5 Å². The smallest absolute Gasteiger partial charge is 0.373 e. The molecule has 0 fully saturated rings. The van der Waals surface area contributed by atoms with Crippen molar-refractivity contribution in [1.29, 1.82) is 0 Å². The summed E-state index contributed by atoms with van der Waals surface area (Å²) in [4.78, 5) is 12.1.